The Morgan fingerprint density at radius 3 is 2.30 bits per heavy atom. The molecule has 2 atom stereocenters. The predicted octanol–water partition coefficient (Wildman–Crippen LogP) is 1.56. The molecule has 8 heteroatoms. The lowest BCUT2D eigenvalue weighted by Gasteiger charge is -2.29. The van der Waals surface area contributed by atoms with E-state index in [1.165, 1.54) is 24.5 Å². The van der Waals surface area contributed by atoms with Gasteiger partial charge in [0.25, 0.3) is 0 Å². The Labute approximate surface area is 115 Å². The minimum atomic E-state index is -4.14. The lowest BCUT2D eigenvalue weighted by Crippen LogP contribution is -2.36. The highest BCUT2D eigenvalue weighted by Crippen LogP contribution is 2.58. The number of aromatic nitrogens is 1. The molecule has 1 rings (SSSR count). The van der Waals surface area contributed by atoms with Crippen molar-refractivity contribution >= 4 is 19.3 Å². The van der Waals surface area contributed by atoms with Crippen molar-refractivity contribution in [2.75, 3.05) is 0 Å². The van der Waals surface area contributed by atoms with Crippen molar-refractivity contribution in [3.05, 3.63) is 30.1 Å². The van der Waals surface area contributed by atoms with Crippen LogP contribution in [0.25, 0.3) is 0 Å². The van der Waals surface area contributed by atoms with Crippen LogP contribution in [0, 0.1) is 0 Å². The van der Waals surface area contributed by atoms with Crippen LogP contribution in [0.1, 0.15) is 25.3 Å². The average Bonchev–Trinajstić information content (AvgIpc) is 2.36. The van der Waals surface area contributed by atoms with Crippen molar-refractivity contribution in [2.24, 2.45) is 0 Å². The van der Waals surface area contributed by atoms with Crippen LogP contribution in [0.15, 0.2) is 24.5 Å². The number of carboxylic acid groups (broad SMARTS) is 2. The fraction of sp³-hybridized carbons (Fsp3) is 0.417. The summed E-state index contributed by atoms with van der Waals surface area (Å²) in [6, 6.07) is 3.03. The molecule has 0 aliphatic heterocycles. The summed E-state index contributed by atoms with van der Waals surface area (Å²) in [5.74, 6) is -2.68. The molecule has 0 amide bonds. The molecule has 0 fully saturated rings. The Morgan fingerprint density at radius 2 is 1.85 bits per heavy atom. The maximum atomic E-state index is 12.4. The van der Waals surface area contributed by atoms with Crippen LogP contribution >= 0.6 is 7.37 Å². The van der Waals surface area contributed by atoms with E-state index in [-0.39, 0.29) is 6.16 Å². The number of carbonyl (C=O) groups is 2. The van der Waals surface area contributed by atoms with Crippen molar-refractivity contribution in [1.29, 1.82) is 0 Å². The normalized spacial score (nSPS) is 16.9. The number of rotatable bonds is 7. The summed E-state index contributed by atoms with van der Waals surface area (Å²) in [4.78, 5) is 35.8. The highest BCUT2D eigenvalue weighted by molar-refractivity contribution is 7.60. The third kappa shape index (κ3) is 3.65. The minimum absolute atomic E-state index is 0.335. The van der Waals surface area contributed by atoms with Gasteiger partial charge in [-0.25, -0.2) is 0 Å². The van der Waals surface area contributed by atoms with Gasteiger partial charge < -0.3 is 15.1 Å². The largest absolute Gasteiger partial charge is 0.481 e. The van der Waals surface area contributed by atoms with E-state index in [4.69, 9.17) is 5.11 Å². The first-order chi connectivity index (χ1) is 9.19. The summed E-state index contributed by atoms with van der Waals surface area (Å²) in [6.07, 6.45) is 1.65. The highest BCUT2D eigenvalue weighted by atomic mass is 31.2. The Bertz CT molecular complexity index is 546. The molecule has 1 aromatic heterocycles. The molecule has 20 heavy (non-hydrogen) atoms. The van der Waals surface area contributed by atoms with Gasteiger partial charge in [0.2, 0.25) is 7.37 Å². The summed E-state index contributed by atoms with van der Waals surface area (Å²) in [5, 5.41) is 15.9. The van der Waals surface area contributed by atoms with Crippen LogP contribution in [0.4, 0.5) is 0 Å². The zero-order valence-corrected chi connectivity index (χ0v) is 11.8. The smallest absolute Gasteiger partial charge is 0.319 e. The third-order valence-electron chi connectivity index (χ3n) is 3.20. The molecule has 0 aliphatic rings. The first kappa shape index (κ1) is 16.3. The fourth-order valence-corrected chi connectivity index (χ4v) is 3.51. The molecule has 0 radical (unpaired) electrons. The molecule has 0 aliphatic carbocycles. The minimum Gasteiger partial charge on any atom is -0.481 e. The van der Waals surface area contributed by atoms with E-state index in [1.807, 2.05) is 0 Å². The number of carboxylic acids is 2. The summed E-state index contributed by atoms with van der Waals surface area (Å²) >= 11 is 0. The second kappa shape index (κ2) is 6.15. The Hall–Kier alpha value is -1.72. The van der Waals surface area contributed by atoms with Crippen LogP contribution in [0.3, 0.4) is 0 Å². The Kier molecular flexibility index (Phi) is 5.03. The van der Waals surface area contributed by atoms with Gasteiger partial charge >= 0.3 is 11.9 Å². The first-order valence-electron chi connectivity index (χ1n) is 5.85. The van der Waals surface area contributed by atoms with E-state index in [9.17, 15) is 24.2 Å². The van der Waals surface area contributed by atoms with E-state index in [0.717, 1.165) is 6.92 Å². The van der Waals surface area contributed by atoms with Crippen LogP contribution in [0.5, 0.6) is 0 Å². The molecule has 1 aromatic rings. The van der Waals surface area contributed by atoms with Crippen molar-refractivity contribution in [1.82, 2.24) is 4.98 Å². The number of hydrogen-bond donors (Lipinski definition) is 3. The lowest BCUT2D eigenvalue weighted by molar-refractivity contribution is -0.141. The molecule has 0 saturated carbocycles. The van der Waals surface area contributed by atoms with Gasteiger partial charge in [-0.05, 0) is 31.0 Å². The third-order valence-corrected chi connectivity index (χ3v) is 5.95. The van der Waals surface area contributed by atoms with Gasteiger partial charge in [0, 0.05) is 18.8 Å². The van der Waals surface area contributed by atoms with E-state index in [2.05, 4.69) is 4.98 Å². The fourth-order valence-electron chi connectivity index (χ4n) is 1.69. The number of aliphatic carboxylic acids is 2. The zero-order chi connectivity index (χ0) is 15.4. The van der Waals surface area contributed by atoms with Gasteiger partial charge in [0.1, 0.15) is 5.16 Å². The van der Waals surface area contributed by atoms with Gasteiger partial charge in [-0.2, -0.15) is 0 Å². The molecule has 2 unspecified atom stereocenters. The Balaban J connectivity index is 3.02. The average molecular weight is 301 g/mol. The molecular weight excluding hydrogens is 285 g/mol. The summed E-state index contributed by atoms with van der Waals surface area (Å²) in [5.41, 5.74) is 0.480. The molecule has 1 heterocycles. The number of hydrogen-bond acceptors (Lipinski definition) is 4. The molecule has 110 valence electrons. The van der Waals surface area contributed by atoms with Gasteiger partial charge in [-0.1, -0.05) is 0 Å². The van der Waals surface area contributed by atoms with Gasteiger partial charge in [0.05, 0.1) is 6.16 Å². The predicted molar refractivity (Wildman–Crippen MR) is 70.7 cm³/mol. The molecule has 0 saturated heterocycles. The van der Waals surface area contributed by atoms with Crippen molar-refractivity contribution in [2.45, 2.75) is 31.1 Å². The first-order valence-corrected chi connectivity index (χ1v) is 7.69. The van der Waals surface area contributed by atoms with Crippen LogP contribution in [-0.4, -0.2) is 37.2 Å². The Morgan fingerprint density at radius 1 is 1.30 bits per heavy atom. The molecule has 0 spiro atoms. The van der Waals surface area contributed by atoms with Crippen LogP contribution in [0.2, 0.25) is 0 Å². The molecule has 7 nitrogen and oxygen atoms in total. The van der Waals surface area contributed by atoms with E-state index in [0.29, 0.717) is 5.56 Å². The van der Waals surface area contributed by atoms with Crippen LogP contribution in [-0.2, 0) is 20.3 Å². The van der Waals surface area contributed by atoms with Crippen molar-refractivity contribution < 1.29 is 29.3 Å². The zero-order valence-electron chi connectivity index (χ0n) is 10.9. The van der Waals surface area contributed by atoms with E-state index in [1.54, 1.807) is 0 Å². The van der Waals surface area contributed by atoms with Gasteiger partial charge in [-0.15, -0.1) is 0 Å². The highest BCUT2D eigenvalue weighted by Gasteiger charge is 2.49. The second-order valence-corrected chi connectivity index (χ2v) is 7.39. The maximum absolute atomic E-state index is 12.4. The van der Waals surface area contributed by atoms with Gasteiger partial charge in [-0.3, -0.25) is 19.1 Å². The second-order valence-electron chi connectivity index (χ2n) is 4.69. The molecule has 0 bridgehead atoms. The van der Waals surface area contributed by atoms with E-state index < -0.39 is 37.3 Å². The quantitative estimate of drug-likeness (QED) is 0.652. The molecule has 0 aromatic carbocycles. The molecule has 3 N–H and O–H groups in total. The maximum Gasteiger partial charge on any atom is 0.319 e. The monoisotopic (exact) mass is 301 g/mol. The lowest BCUT2D eigenvalue weighted by atomic mass is 10.1. The van der Waals surface area contributed by atoms with Crippen molar-refractivity contribution in [3.63, 3.8) is 0 Å². The number of pyridine rings is 1. The van der Waals surface area contributed by atoms with Gasteiger partial charge in [0.15, 0.2) is 0 Å². The molecular formula is C12H16NO6P. The van der Waals surface area contributed by atoms with Crippen LogP contribution < -0.4 is 0 Å². The summed E-state index contributed by atoms with van der Waals surface area (Å²) < 4.78 is 12.4. The number of nitrogens with zero attached hydrogens (tertiary/aromatic N) is 1. The SMILES string of the molecule is CC(CCC(=O)O)(C(=O)O)P(=O)(O)Cc1ccncc1. The van der Waals surface area contributed by atoms with E-state index >= 15 is 0 Å². The summed E-state index contributed by atoms with van der Waals surface area (Å²) in [7, 11) is -4.14. The summed E-state index contributed by atoms with van der Waals surface area (Å²) in [6.45, 7) is 1.11. The topological polar surface area (TPSA) is 125 Å². The van der Waals surface area contributed by atoms with Crippen molar-refractivity contribution in [3.8, 4) is 0 Å². The standard InChI is InChI=1S/C12H16NO6P/c1-12(11(16)17,5-2-10(14)15)20(18,19)8-9-3-6-13-7-4-9/h3-4,6-7H,2,5,8H2,1H3,(H,14,15)(H,16,17)(H,18,19).